The highest BCUT2D eigenvalue weighted by molar-refractivity contribution is 7.20. The highest BCUT2D eigenvalue weighted by atomic mass is 32.1. The van der Waals surface area contributed by atoms with Crippen LogP contribution in [0.5, 0.6) is 10.9 Å². The average Bonchev–Trinajstić information content (AvgIpc) is 3.01. The number of nitrogens with one attached hydrogen (secondary N) is 1. The third-order valence-electron chi connectivity index (χ3n) is 4.58. The van der Waals surface area contributed by atoms with Crippen LogP contribution in [0, 0.1) is 17.2 Å². The molecule has 150 valence electrons. The second-order valence-electron chi connectivity index (χ2n) is 7.02. The molecule has 1 saturated carbocycles. The summed E-state index contributed by atoms with van der Waals surface area (Å²) in [4.78, 5) is 15.4. The predicted octanol–water partition coefficient (Wildman–Crippen LogP) is 3.27. The van der Waals surface area contributed by atoms with E-state index in [0.29, 0.717) is 42.2 Å². The summed E-state index contributed by atoms with van der Waals surface area (Å²) >= 11 is 1.37. The van der Waals surface area contributed by atoms with Gasteiger partial charge < -0.3 is 19.5 Å². The van der Waals surface area contributed by atoms with Gasteiger partial charge in [0, 0.05) is 13.0 Å². The third kappa shape index (κ3) is 4.91. The SMILES string of the molecule is CCOc1nc2ccc(OCC3CC(OC[C@H](C)NC(C)=O)C3)c(C#N)c2s1. The smallest absolute Gasteiger partial charge is 0.274 e. The first kappa shape index (κ1) is 20.4. The minimum Gasteiger partial charge on any atom is -0.492 e. The van der Waals surface area contributed by atoms with Crippen molar-refractivity contribution in [2.45, 2.75) is 45.8 Å². The minimum atomic E-state index is -0.0458. The van der Waals surface area contributed by atoms with Crippen molar-refractivity contribution in [1.82, 2.24) is 10.3 Å². The number of thiazole rings is 1. The van der Waals surface area contributed by atoms with Gasteiger partial charge in [0.25, 0.3) is 5.19 Å². The molecule has 1 aromatic heterocycles. The molecule has 1 atom stereocenters. The third-order valence-corrected chi connectivity index (χ3v) is 5.58. The largest absolute Gasteiger partial charge is 0.492 e. The summed E-state index contributed by atoms with van der Waals surface area (Å²) in [6.07, 6.45) is 2.05. The number of hydrogen-bond acceptors (Lipinski definition) is 7. The Balaban J connectivity index is 1.50. The highest BCUT2D eigenvalue weighted by Gasteiger charge is 2.31. The van der Waals surface area contributed by atoms with Crippen LogP contribution in [0.15, 0.2) is 12.1 Å². The fourth-order valence-corrected chi connectivity index (χ4v) is 4.15. The molecule has 7 nitrogen and oxygen atoms in total. The van der Waals surface area contributed by atoms with Gasteiger partial charge in [-0.15, -0.1) is 0 Å². The van der Waals surface area contributed by atoms with Crippen LogP contribution in [0.25, 0.3) is 10.2 Å². The molecule has 1 amide bonds. The van der Waals surface area contributed by atoms with Crippen molar-refractivity contribution in [3.05, 3.63) is 17.7 Å². The van der Waals surface area contributed by atoms with Gasteiger partial charge in [-0.2, -0.15) is 5.26 Å². The number of benzene rings is 1. The van der Waals surface area contributed by atoms with Crippen LogP contribution in [0.2, 0.25) is 0 Å². The molecule has 0 bridgehead atoms. The number of nitrogens with zero attached hydrogens (tertiary/aromatic N) is 2. The van der Waals surface area contributed by atoms with Crippen LogP contribution in [-0.4, -0.2) is 42.9 Å². The zero-order valence-electron chi connectivity index (χ0n) is 16.4. The zero-order chi connectivity index (χ0) is 20.1. The summed E-state index contributed by atoms with van der Waals surface area (Å²) in [6, 6.07) is 5.92. The summed E-state index contributed by atoms with van der Waals surface area (Å²) in [6.45, 7) is 6.95. The molecular weight excluding hydrogens is 378 g/mol. The number of ether oxygens (including phenoxy) is 3. The fourth-order valence-electron chi connectivity index (χ4n) is 3.19. The normalized spacial score (nSPS) is 19.5. The molecule has 0 aliphatic heterocycles. The lowest BCUT2D eigenvalue weighted by Crippen LogP contribution is -2.40. The monoisotopic (exact) mass is 403 g/mol. The van der Waals surface area contributed by atoms with Crippen molar-refractivity contribution < 1.29 is 19.0 Å². The summed E-state index contributed by atoms with van der Waals surface area (Å²) in [5, 5.41) is 13.0. The standard InChI is InChI=1S/C20H25N3O4S/c1-4-25-20-23-17-5-6-18(16(9-21)19(17)28-20)27-11-14-7-15(8-14)26-10-12(2)22-13(3)24/h5-6,12,14-15H,4,7-8,10-11H2,1-3H3,(H,22,24)/t12-,14?,15?/m0/s1. The number of rotatable bonds is 9. The number of hydrogen-bond donors (Lipinski definition) is 1. The molecule has 0 unspecified atom stereocenters. The van der Waals surface area contributed by atoms with Crippen LogP contribution in [0.1, 0.15) is 39.2 Å². The molecule has 28 heavy (non-hydrogen) atoms. The molecule has 0 spiro atoms. The van der Waals surface area contributed by atoms with Gasteiger partial charge in [-0.3, -0.25) is 4.79 Å². The molecule has 1 aromatic carbocycles. The first-order valence-corrected chi connectivity index (χ1v) is 10.3. The molecule has 1 heterocycles. The van der Waals surface area contributed by atoms with Crippen LogP contribution in [-0.2, 0) is 9.53 Å². The van der Waals surface area contributed by atoms with Gasteiger partial charge in [0.05, 0.1) is 36.1 Å². The highest BCUT2D eigenvalue weighted by Crippen LogP contribution is 2.36. The molecular formula is C20H25N3O4S. The molecule has 1 fully saturated rings. The van der Waals surface area contributed by atoms with Crippen molar-refractivity contribution in [2.24, 2.45) is 5.92 Å². The summed E-state index contributed by atoms with van der Waals surface area (Å²) < 4.78 is 18.0. The van der Waals surface area contributed by atoms with Gasteiger partial charge >= 0.3 is 0 Å². The Morgan fingerprint density at radius 3 is 2.89 bits per heavy atom. The van der Waals surface area contributed by atoms with Gasteiger partial charge in [-0.25, -0.2) is 4.98 Å². The second-order valence-corrected chi connectivity index (χ2v) is 7.98. The first-order valence-electron chi connectivity index (χ1n) is 9.48. The van der Waals surface area contributed by atoms with E-state index in [0.717, 1.165) is 23.1 Å². The number of carbonyl (C=O) groups is 1. The van der Waals surface area contributed by atoms with Crippen LogP contribution in [0.4, 0.5) is 0 Å². The summed E-state index contributed by atoms with van der Waals surface area (Å²) in [7, 11) is 0. The Hall–Kier alpha value is -2.37. The van der Waals surface area contributed by atoms with Crippen molar-refractivity contribution in [2.75, 3.05) is 19.8 Å². The van der Waals surface area contributed by atoms with Crippen molar-refractivity contribution in [1.29, 1.82) is 5.26 Å². The molecule has 0 saturated heterocycles. The van der Waals surface area contributed by atoms with E-state index in [1.807, 2.05) is 19.9 Å². The Morgan fingerprint density at radius 2 is 2.21 bits per heavy atom. The van der Waals surface area contributed by atoms with Crippen LogP contribution < -0.4 is 14.8 Å². The molecule has 8 heteroatoms. The van der Waals surface area contributed by atoms with E-state index in [9.17, 15) is 10.1 Å². The van der Waals surface area contributed by atoms with Gasteiger partial charge in [0.1, 0.15) is 17.4 Å². The minimum absolute atomic E-state index is 0.0127. The van der Waals surface area contributed by atoms with E-state index in [1.165, 1.54) is 18.3 Å². The Labute approximate surface area is 168 Å². The average molecular weight is 404 g/mol. The van der Waals surface area contributed by atoms with E-state index < -0.39 is 0 Å². The predicted molar refractivity (Wildman–Crippen MR) is 107 cm³/mol. The van der Waals surface area contributed by atoms with E-state index in [2.05, 4.69) is 16.4 Å². The Bertz CT molecular complexity index is 870. The van der Waals surface area contributed by atoms with Gasteiger partial charge in [0.2, 0.25) is 5.91 Å². The summed E-state index contributed by atoms with van der Waals surface area (Å²) in [5.74, 6) is 0.949. The quantitative estimate of drug-likeness (QED) is 0.691. The number of nitriles is 1. The van der Waals surface area contributed by atoms with Crippen LogP contribution in [0.3, 0.4) is 0 Å². The lowest BCUT2D eigenvalue weighted by atomic mass is 9.83. The number of amides is 1. The number of fused-ring (bicyclic) bond motifs is 1. The molecule has 3 rings (SSSR count). The van der Waals surface area contributed by atoms with Crippen molar-refractivity contribution in [3.63, 3.8) is 0 Å². The van der Waals surface area contributed by atoms with E-state index >= 15 is 0 Å². The second kappa shape index (κ2) is 9.22. The Kier molecular flexibility index (Phi) is 6.70. The van der Waals surface area contributed by atoms with Crippen molar-refractivity contribution in [3.8, 4) is 17.0 Å². The Morgan fingerprint density at radius 1 is 1.43 bits per heavy atom. The first-order chi connectivity index (χ1) is 13.5. The maximum absolute atomic E-state index is 11.0. The lowest BCUT2D eigenvalue weighted by Gasteiger charge is -2.35. The lowest BCUT2D eigenvalue weighted by molar-refractivity contribution is -0.120. The van der Waals surface area contributed by atoms with Gasteiger partial charge in [0.15, 0.2) is 0 Å². The van der Waals surface area contributed by atoms with E-state index in [1.54, 1.807) is 6.07 Å². The topological polar surface area (TPSA) is 93.5 Å². The number of carbonyl (C=O) groups excluding carboxylic acids is 1. The molecule has 1 aliphatic carbocycles. The molecule has 1 N–H and O–H groups in total. The van der Waals surface area contributed by atoms with E-state index in [-0.39, 0.29) is 18.1 Å². The maximum Gasteiger partial charge on any atom is 0.274 e. The molecule has 0 radical (unpaired) electrons. The summed E-state index contributed by atoms with van der Waals surface area (Å²) in [5.41, 5.74) is 1.26. The van der Waals surface area contributed by atoms with Crippen molar-refractivity contribution >= 4 is 27.5 Å². The zero-order valence-corrected chi connectivity index (χ0v) is 17.2. The van der Waals surface area contributed by atoms with Crippen LogP contribution >= 0.6 is 11.3 Å². The number of aromatic nitrogens is 1. The maximum atomic E-state index is 11.0. The molecule has 1 aliphatic rings. The fraction of sp³-hybridized carbons (Fsp3) is 0.550. The van der Waals surface area contributed by atoms with Gasteiger partial charge in [-0.05, 0) is 44.7 Å². The molecule has 2 aromatic rings. The van der Waals surface area contributed by atoms with E-state index in [4.69, 9.17) is 14.2 Å². The van der Waals surface area contributed by atoms with Gasteiger partial charge in [-0.1, -0.05) is 11.3 Å².